The first-order chi connectivity index (χ1) is 9.77. The maximum absolute atomic E-state index is 10.5. The summed E-state index contributed by atoms with van der Waals surface area (Å²) >= 11 is 0. The molecule has 0 spiro atoms. The Kier molecular flexibility index (Phi) is 15.2. The number of hydrogen-bond donors (Lipinski definition) is 0. The first kappa shape index (κ1) is 18.9. The summed E-state index contributed by atoms with van der Waals surface area (Å²) in [6, 6.07) is 0. The third kappa shape index (κ3) is 16.9. The Hall–Kier alpha value is -1.05. The maximum Gasteiger partial charge on any atom is 0.302 e. The van der Waals surface area contributed by atoms with Crippen LogP contribution in [0.2, 0.25) is 0 Å². The Bertz CT molecular complexity index is 267. The van der Waals surface area contributed by atoms with E-state index in [-0.39, 0.29) is 5.97 Å². The molecule has 0 aliphatic rings. The Labute approximate surface area is 125 Å². The highest BCUT2D eigenvalue weighted by Crippen LogP contribution is 2.09. The third-order valence-corrected chi connectivity index (χ3v) is 3.16. The zero-order valence-electron chi connectivity index (χ0n) is 13.4. The molecule has 0 amide bonds. The molecule has 0 atom stereocenters. The van der Waals surface area contributed by atoms with Gasteiger partial charge in [-0.05, 0) is 25.7 Å². The summed E-state index contributed by atoms with van der Waals surface area (Å²) in [7, 11) is 0. The van der Waals surface area contributed by atoms with Crippen LogP contribution in [0.5, 0.6) is 0 Å². The van der Waals surface area contributed by atoms with E-state index in [1.54, 1.807) is 0 Å². The van der Waals surface area contributed by atoms with Crippen LogP contribution in [0, 0.1) is 0 Å². The first-order valence-electron chi connectivity index (χ1n) is 8.22. The van der Waals surface area contributed by atoms with Crippen LogP contribution in [0.1, 0.15) is 78.1 Å². The molecule has 0 aromatic rings. The molecule has 2 nitrogen and oxygen atoms in total. The third-order valence-electron chi connectivity index (χ3n) is 3.16. The average molecular weight is 280 g/mol. The standard InChI is InChI=1S/C18H32O2/c1-3-4-5-6-7-8-9-10-11-12-13-14-15-16-17-20-18(2)19/h5-8H,3-4,9-17H2,1-2H3/b6-5-,8-7+. The van der Waals surface area contributed by atoms with Gasteiger partial charge in [0.2, 0.25) is 0 Å². The molecule has 0 aliphatic carbocycles. The van der Waals surface area contributed by atoms with E-state index in [1.807, 2.05) is 0 Å². The number of carbonyl (C=O) groups excluding carboxylic acids is 1. The van der Waals surface area contributed by atoms with Crippen molar-refractivity contribution < 1.29 is 9.53 Å². The molecular weight excluding hydrogens is 248 g/mol. The summed E-state index contributed by atoms with van der Waals surface area (Å²) in [5, 5.41) is 0. The molecule has 0 unspecified atom stereocenters. The van der Waals surface area contributed by atoms with E-state index in [1.165, 1.54) is 64.7 Å². The highest BCUT2D eigenvalue weighted by Gasteiger charge is 1.94. The zero-order chi connectivity index (χ0) is 14.9. The Morgan fingerprint density at radius 3 is 2.00 bits per heavy atom. The van der Waals surface area contributed by atoms with Crippen molar-refractivity contribution in [2.45, 2.75) is 78.1 Å². The number of carbonyl (C=O) groups is 1. The molecule has 116 valence electrons. The lowest BCUT2D eigenvalue weighted by Gasteiger charge is -2.02. The van der Waals surface area contributed by atoms with Crippen LogP contribution in [0.25, 0.3) is 0 Å². The molecule has 20 heavy (non-hydrogen) atoms. The summed E-state index contributed by atoms with van der Waals surface area (Å²) < 4.78 is 4.90. The van der Waals surface area contributed by atoms with Gasteiger partial charge in [-0.1, -0.05) is 69.8 Å². The number of rotatable bonds is 13. The largest absolute Gasteiger partial charge is 0.466 e. The Morgan fingerprint density at radius 2 is 1.40 bits per heavy atom. The molecule has 2 heteroatoms. The van der Waals surface area contributed by atoms with Crippen LogP contribution in [0.15, 0.2) is 24.3 Å². The van der Waals surface area contributed by atoms with Crippen LogP contribution in [0.4, 0.5) is 0 Å². The van der Waals surface area contributed by atoms with Gasteiger partial charge in [0.1, 0.15) is 0 Å². The monoisotopic (exact) mass is 280 g/mol. The number of ether oxygens (including phenoxy) is 1. The predicted octanol–water partition coefficient (Wildman–Crippen LogP) is 5.58. The first-order valence-corrected chi connectivity index (χ1v) is 8.22. The van der Waals surface area contributed by atoms with Gasteiger partial charge in [0, 0.05) is 6.92 Å². The SMILES string of the molecule is CCC/C=C\C=C\CCCCCCCCCOC(C)=O. The second-order valence-corrected chi connectivity index (χ2v) is 5.25. The quantitative estimate of drug-likeness (QED) is 0.250. The van der Waals surface area contributed by atoms with Crippen molar-refractivity contribution in [2.24, 2.45) is 0 Å². The Morgan fingerprint density at radius 1 is 0.850 bits per heavy atom. The van der Waals surface area contributed by atoms with E-state index in [9.17, 15) is 4.79 Å². The van der Waals surface area contributed by atoms with Gasteiger partial charge >= 0.3 is 5.97 Å². The molecule has 0 aromatic carbocycles. The van der Waals surface area contributed by atoms with Gasteiger partial charge in [0.25, 0.3) is 0 Å². The lowest BCUT2D eigenvalue weighted by Crippen LogP contribution is -1.99. The smallest absolute Gasteiger partial charge is 0.302 e. The van der Waals surface area contributed by atoms with E-state index >= 15 is 0 Å². The van der Waals surface area contributed by atoms with E-state index in [2.05, 4.69) is 31.2 Å². The lowest BCUT2D eigenvalue weighted by molar-refractivity contribution is -0.141. The normalized spacial score (nSPS) is 11.5. The number of esters is 1. The Balaban J connectivity index is 3.11. The van der Waals surface area contributed by atoms with Crippen molar-refractivity contribution in [1.29, 1.82) is 0 Å². The molecule has 0 bridgehead atoms. The summed E-state index contributed by atoms with van der Waals surface area (Å²) in [5.74, 6) is -0.164. The zero-order valence-corrected chi connectivity index (χ0v) is 13.4. The van der Waals surface area contributed by atoms with E-state index < -0.39 is 0 Å². The van der Waals surface area contributed by atoms with Crippen molar-refractivity contribution in [1.82, 2.24) is 0 Å². The van der Waals surface area contributed by atoms with Crippen LogP contribution in [-0.4, -0.2) is 12.6 Å². The van der Waals surface area contributed by atoms with Gasteiger partial charge in [0.05, 0.1) is 6.61 Å². The van der Waals surface area contributed by atoms with Crippen molar-refractivity contribution in [3.8, 4) is 0 Å². The van der Waals surface area contributed by atoms with Gasteiger partial charge in [-0.3, -0.25) is 4.79 Å². The predicted molar refractivity (Wildman–Crippen MR) is 86.8 cm³/mol. The molecule has 0 heterocycles. The minimum Gasteiger partial charge on any atom is -0.466 e. The van der Waals surface area contributed by atoms with Crippen molar-refractivity contribution in [3.63, 3.8) is 0 Å². The van der Waals surface area contributed by atoms with Crippen LogP contribution < -0.4 is 0 Å². The molecular formula is C18H32O2. The topological polar surface area (TPSA) is 26.3 Å². The van der Waals surface area contributed by atoms with Gasteiger partial charge in [0.15, 0.2) is 0 Å². The van der Waals surface area contributed by atoms with E-state index in [0.29, 0.717) is 6.61 Å². The molecule has 0 fully saturated rings. The fraction of sp³-hybridized carbons (Fsp3) is 0.722. The van der Waals surface area contributed by atoms with Gasteiger partial charge in [-0.15, -0.1) is 0 Å². The minimum absolute atomic E-state index is 0.164. The minimum atomic E-state index is -0.164. The lowest BCUT2D eigenvalue weighted by atomic mass is 10.1. The van der Waals surface area contributed by atoms with Crippen molar-refractivity contribution >= 4 is 5.97 Å². The molecule has 0 rings (SSSR count). The van der Waals surface area contributed by atoms with Crippen molar-refractivity contribution in [3.05, 3.63) is 24.3 Å². The fourth-order valence-electron chi connectivity index (χ4n) is 1.98. The van der Waals surface area contributed by atoms with Crippen LogP contribution in [-0.2, 0) is 9.53 Å². The summed E-state index contributed by atoms with van der Waals surface area (Å²) in [4.78, 5) is 10.5. The van der Waals surface area contributed by atoms with Crippen LogP contribution >= 0.6 is 0 Å². The molecule has 0 saturated carbocycles. The molecule has 0 aromatic heterocycles. The molecule has 0 aliphatic heterocycles. The van der Waals surface area contributed by atoms with Gasteiger partial charge < -0.3 is 4.74 Å². The van der Waals surface area contributed by atoms with Crippen molar-refractivity contribution in [2.75, 3.05) is 6.61 Å². The second kappa shape index (κ2) is 16.0. The summed E-state index contributed by atoms with van der Waals surface area (Å²) in [5.41, 5.74) is 0. The molecule has 0 N–H and O–H groups in total. The van der Waals surface area contributed by atoms with Crippen LogP contribution in [0.3, 0.4) is 0 Å². The summed E-state index contributed by atoms with van der Waals surface area (Å²) in [6.07, 6.45) is 21.1. The number of unbranched alkanes of at least 4 members (excludes halogenated alkanes) is 8. The van der Waals surface area contributed by atoms with E-state index in [4.69, 9.17) is 4.74 Å². The highest BCUT2D eigenvalue weighted by molar-refractivity contribution is 5.65. The van der Waals surface area contributed by atoms with E-state index in [0.717, 1.165) is 6.42 Å². The molecule has 0 saturated heterocycles. The number of allylic oxidation sites excluding steroid dienone is 4. The highest BCUT2D eigenvalue weighted by atomic mass is 16.5. The number of hydrogen-bond acceptors (Lipinski definition) is 2. The maximum atomic E-state index is 10.5. The molecule has 0 radical (unpaired) electrons. The fourth-order valence-corrected chi connectivity index (χ4v) is 1.98. The summed E-state index contributed by atoms with van der Waals surface area (Å²) in [6.45, 7) is 4.25. The average Bonchev–Trinajstić information content (AvgIpc) is 2.43. The van der Waals surface area contributed by atoms with Gasteiger partial charge in [-0.2, -0.15) is 0 Å². The van der Waals surface area contributed by atoms with Gasteiger partial charge in [-0.25, -0.2) is 0 Å². The second-order valence-electron chi connectivity index (χ2n) is 5.25.